The Balaban J connectivity index is 0.000000677. The summed E-state index contributed by atoms with van der Waals surface area (Å²) in [6.45, 7) is 6.26. The zero-order valence-corrected chi connectivity index (χ0v) is 37.4. The molecule has 6 fully saturated rings. The van der Waals surface area contributed by atoms with E-state index in [-0.39, 0.29) is 29.9 Å². The van der Waals surface area contributed by atoms with Gasteiger partial charge in [-0.05, 0) is 94.0 Å². The quantitative estimate of drug-likeness (QED) is 0.162. The molecule has 1 spiro atoms. The highest BCUT2D eigenvalue weighted by atomic mass is 32.2. The highest BCUT2D eigenvalue weighted by molar-refractivity contribution is 7.89. The predicted octanol–water partition coefficient (Wildman–Crippen LogP) is 3.10. The summed E-state index contributed by atoms with van der Waals surface area (Å²) in [5.74, 6) is 0.482. The number of aldehydes is 1. The number of aromatic nitrogens is 2. The number of imide groups is 1. The molecule has 3 amide bonds. The number of hydrogen-bond acceptors (Lipinski definition) is 14. The number of nitrogens with zero attached hydrogens (tertiary/aromatic N) is 7. The monoisotopic (exact) mass is 896 g/mol. The zero-order chi connectivity index (χ0) is 44.6. The molecular formula is C46H60N10O7S. The fourth-order valence-corrected chi connectivity index (χ4v) is 11.6. The second-order valence-electron chi connectivity index (χ2n) is 18.6. The van der Waals surface area contributed by atoms with Gasteiger partial charge in [-0.15, -0.1) is 0 Å². The van der Waals surface area contributed by atoms with E-state index in [9.17, 15) is 27.6 Å². The van der Waals surface area contributed by atoms with Gasteiger partial charge in [0.25, 0.3) is 0 Å². The molecule has 18 heteroatoms. The number of aliphatic hydroxyl groups is 1. The Bertz CT molecular complexity index is 2350. The number of sulfonamides is 1. The number of piperidine rings is 2. The van der Waals surface area contributed by atoms with E-state index in [0.717, 1.165) is 93.7 Å². The number of hydrogen-bond donors (Lipinski definition) is 4. The maximum Gasteiger partial charge on any atom is 0.243 e. The second-order valence-corrected chi connectivity index (χ2v) is 20.5. The van der Waals surface area contributed by atoms with Crippen molar-refractivity contribution in [3.63, 3.8) is 0 Å². The molecule has 64 heavy (non-hydrogen) atoms. The summed E-state index contributed by atoms with van der Waals surface area (Å²) in [5, 5.41) is 17.6. The van der Waals surface area contributed by atoms with Crippen LogP contribution in [0.2, 0.25) is 0 Å². The lowest BCUT2D eigenvalue weighted by Crippen LogP contribution is -2.63. The molecule has 0 bridgehead atoms. The van der Waals surface area contributed by atoms with E-state index in [1.54, 1.807) is 22.6 Å². The maximum atomic E-state index is 13.8. The fourth-order valence-electron chi connectivity index (χ4n) is 10.1. The van der Waals surface area contributed by atoms with Crippen molar-refractivity contribution >= 4 is 57.2 Å². The van der Waals surface area contributed by atoms with Gasteiger partial charge in [-0.3, -0.25) is 34.3 Å². The summed E-state index contributed by atoms with van der Waals surface area (Å²) in [7, 11) is -1.83. The van der Waals surface area contributed by atoms with E-state index < -0.39 is 21.5 Å². The first kappa shape index (κ1) is 44.2. The smallest absolute Gasteiger partial charge is 0.243 e. The van der Waals surface area contributed by atoms with Gasteiger partial charge >= 0.3 is 0 Å². The molecule has 3 aromatic rings. The lowest BCUT2D eigenvalue weighted by Gasteiger charge is -2.49. The first-order chi connectivity index (χ1) is 30.9. The van der Waals surface area contributed by atoms with Crippen LogP contribution in [-0.4, -0.2) is 145 Å². The van der Waals surface area contributed by atoms with E-state index in [4.69, 9.17) is 5.11 Å². The number of amides is 3. The van der Waals surface area contributed by atoms with Crippen LogP contribution < -0.4 is 25.8 Å². The lowest BCUT2D eigenvalue weighted by molar-refractivity contribution is -0.137. The Morgan fingerprint density at radius 3 is 2.30 bits per heavy atom. The zero-order valence-electron chi connectivity index (χ0n) is 36.6. The van der Waals surface area contributed by atoms with Crippen molar-refractivity contribution in [3.8, 4) is 0 Å². The topological polar surface area (TPSA) is 201 Å². The van der Waals surface area contributed by atoms with E-state index in [1.807, 2.05) is 42.3 Å². The van der Waals surface area contributed by atoms with Crippen molar-refractivity contribution < 1.29 is 32.7 Å². The van der Waals surface area contributed by atoms with E-state index in [2.05, 4.69) is 40.6 Å². The Morgan fingerprint density at radius 1 is 0.891 bits per heavy atom. The van der Waals surface area contributed by atoms with Crippen LogP contribution in [0.5, 0.6) is 0 Å². The highest BCUT2D eigenvalue weighted by Crippen LogP contribution is 2.54. The summed E-state index contributed by atoms with van der Waals surface area (Å²) in [4.78, 5) is 66.6. The Hall–Kier alpha value is -5.01. The molecule has 6 heterocycles. The molecular weight excluding hydrogens is 837 g/mol. The normalized spacial score (nSPS) is 23.2. The standard InChI is InChI=1S/C40H48N10O6S.C6H12O/c1-46(34-7-8-35(52)43-37(34)53)22-27-19-30(6-5-26(27)25-51)47-15-17-48(18-16-47)31-23-49(24-31)29-3-2-4-32(20-29)57(55,56)50-13-9-28(10-14-50)42-39-41-21-33-36(45-39)44-38(54)40(33)11-12-40;7-6-4-2-1-3-5-6/h2-6,19-21,25,28,31,34H,7-18,22-24H2,1H3,(H,43,52,53)(H2,41,42,44,45,54);6-7H,1-5H2. The highest BCUT2D eigenvalue weighted by Gasteiger charge is 2.57. The molecule has 5 aliphatic heterocycles. The molecule has 0 radical (unpaired) electrons. The minimum absolute atomic E-state index is 0.00195. The van der Waals surface area contributed by atoms with Crippen LogP contribution in [0.1, 0.15) is 92.1 Å². The van der Waals surface area contributed by atoms with Crippen molar-refractivity contribution in [2.24, 2.45) is 0 Å². The summed E-state index contributed by atoms with van der Waals surface area (Å²) < 4.78 is 29.1. The third-order valence-electron chi connectivity index (χ3n) is 14.4. The average molecular weight is 897 g/mol. The minimum Gasteiger partial charge on any atom is -0.393 e. The van der Waals surface area contributed by atoms with Gasteiger partial charge in [0, 0.05) is 106 Å². The molecule has 10 rings (SSSR count). The molecule has 4 saturated heterocycles. The van der Waals surface area contributed by atoms with E-state index >= 15 is 0 Å². The van der Waals surface area contributed by atoms with Gasteiger partial charge in [0.05, 0.1) is 22.5 Å². The molecule has 2 aromatic carbocycles. The van der Waals surface area contributed by atoms with E-state index in [1.165, 1.54) is 19.3 Å². The molecule has 4 N–H and O–H groups in total. The third-order valence-corrected chi connectivity index (χ3v) is 16.3. The van der Waals surface area contributed by atoms with Crippen LogP contribution in [0, 0.1) is 0 Å². The number of rotatable bonds is 11. The van der Waals surface area contributed by atoms with Crippen molar-refractivity contribution in [3.05, 3.63) is 65.4 Å². The van der Waals surface area contributed by atoms with Crippen LogP contribution in [0.3, 0.4) is 0 Å². The Labute approximate surface area is 375 Å². The predicted molar refractivity (Wildman–Crippen MR) is 242 cm³/mol. The summed E-state index contributed by atoms with van der Waals surface area (Å²) in [6.07, 6.45) is 12.2. The van der Waals surface area contributed by atoms with Crippen LogP contribution in [0.4, 0.5) is 23.1 Å². The molecule has 7 aliphatic rings. The molecule has 2 aliphatic carbocycles. The number of aliphatic hydroxyl groups excluding tert-OH is 1. The molecule has 1 atom stereocenters. The molecule has 1 unspecified atom stereocenters. The van der Waals surface area contributed by atoms with Gasteiger partial charge in [0.1, 0.15) is 12.1 Å². The number of nitrogens with one attached hydrogen (secondary N) is 3. The van der Waals surface area contributed by atoms with Gasteiger partial charge < -0.3 is 25.5 Å². The third kappa shape index (κ3) is 9.25. The number of piperazine rings is 1. The van der Waals surface area contributed by atoms with Gasteiger partial charge in [-0.25, -0.2) is 13.4 Å². The van der Waals surface area contributed by atoms with Gasteiger partial charge in [0.2, 0.25) is 33.7 Å². The first-order valence-corrected chi connectivity index (χ1v) is 24.4. The largest absolute Gasteiger partial charge is 0.393 e. The van der Waals surface area contributed by atoms with Crippen molar-refractivity contribution in [2.45, 2.75) is 112 Å². The number of fused-ring (bicyclic) bond motifs is 2. The molecule has 342 valence electrons. The fraction of sp³-hybridized carbons (Fsp3) is 0.565. The van der Waals surface area contributed by atoms with Crippen LogP contribution in [-0.2, 0) is 36.4 Å². The van der Waals surface area contributed by atoms with Crippen LogP contribution in [0.25, 0.3) is 0 Å². The minimum atomic E-state index is -3.68. The summed E-state index contributed by atoms with van der Waals surface area (Å²) in [6, 6.07) is 13.1. The van der Waals surface area contributed by atoms with Crippen LogP contribution >= 0.6 is 0 Å². The lowest BCUT2D eigenvalue weighted by atomic mass is 9.98. The van der Waals surface area contributed by atoms with Crippen LogP contribution in [0.15, 0.2) is 53.6 Å². The Kier molecular flexibility index (Phi) is 12.8. The average Bonchev–Trinajstić information content (AvgIpc) is 4.04. The summed E-state index contributed by atoms with van der Waals surface area (Å²) >= 11 is 0. The van der Waals surface area contributed by atoms with Gasteiger partial charge in [-0.2, -0.15) is 9.29 Å². The number of benzene rings is 2. The number of likely N-dealkylation sites (N-methyl/N-ethyl adjacent to an activating group) is 1. The van der Waals surface area contributed by atoms with Crippen molar-refractivity contribution in [2.75, 3.05) is 79.8 Å². The van der Waals surface area contributed by atoms with Crippen molar-refractivity contribution in [1.82, 2.24) is 29.4 Å². The second kappa shape index (κ2) is 18.5. The summed E-state index contributed by atoms with van der Waals surface area (Å²) in [5.41, 5.74) is 3.83. The molecule has 1 aromatic heterocycles. The van der Waals surface area contributed by atoms with E-state index in [0.29, 0.717) is 73.6 Å². The number of carbonyl (C=O) groups excluding carboxylic acids is 4. The number of anilines is 4. The SMILES string of the molecule is CN(Cc1cc(N2CCN(C3CN(c4cccc(S(=O)(=O)N5CCC(Nc6ncc7c(n6)NC(=O)C76CC6)CC5)c4)C3)CC2)ccc1C=O)C1CCC(=O)NC1=O.OC1CCCCC1. The first-order valence-electron chi connectivity index (χ1n) is 23.0. The molecule has 17 nitrogen and oxygen atoms in total. The number of carbonyl (C=O) groups is 4. The van der Waals surface area contributed by atoms with Crippen molar-refractivity contribution in [1.29, 1.82) is 0 Å². The van der Waals surface area contributed by atoms with Gasteiger partial charge in [-0.1, -0.05) is 25.3 Å². The Morgan fingerprint density at radius 2 is 1.62 bits per heavy atom. The molecule has 2 saturated carbocycles. The maximum absolute atomic E-state index is 13.8. The van der Waals surface area contributed by atoms with Gasteiger partial charge in [0.15, 0.2) is 0 Å².